The Labute approximate surface area is 170 Å². The highest BCUT2D eigenvalue weighted by Gasteiger charge is 2.32. The number of amides is 2. The normalized spacial score (nSPS) is 23.3. The lowest BCUT2D eigenvalue weighted by molar-refractivity contribution is -0.138. The minimum absolute atomic E-state index is 0. The number of rotatable bonds is 2. The van der Waals surface area contributed by atoms with Crippen LogP contribution in [0.4, 0.5) is 0 Å². The molecule has 2 aliphatic rings. The molecule has 0 radical (unpaired) electrons. The number of carbonyl (C=O) groups excluding carboxylic acids is 2. The summed E-state index contributed by atoms with van der Waals surface area (Å²) < 4.78 is 0. The van der Waals surface area contributed by atoms with Crippen molar-refractivity contribution in [3.8, 4) is 0 Å². The van der Waals surface area contributed by atoms with Crippen molar-refractivity contribution >= 4 is 47.4 Å². The fraction of sp³-hybridized carbons (Fsp3) is 0.556. The van der Waals surface area contributed by atoms with E-state index in [1.807, 2.05) is 4.90 Å². The lowest BCUT2D eigenvalue weighted by Gasteiger charge is -2.38. The van der Waals surface area contributed by atoms with Crippen LogP contribution in [0.15, 0.2) is 18.2 Å². The Kier molecular flexibility index (Phi) is 7.59. The number of carbonyl (C=O) groups is 2. The summed E-state index contributed by atoms with van der Waals surface area (Å²) in [6, 6.07) is 5.17. The molecule has 2 N–H and O–H groups in total. The van der Waals surface area contributed by atoms with Gasteiger partial charge in [-0.3, -0.25) is 9.59 Å². The third-order valence-electron chi connectivity index (χ3n) is 5.12. The predicted molar refractivity (Wildman–Crippen MR) is 106 cm³/mol. The van der Waals surface area contributed by atoms with Gasteiger partial charge in [-0.25, -0.2) is 0 Å². The SMILES string of the molecule is Cl.NC1CCCC(C(=O)N2CCN(C(=O)c3c(Cl)cccc3Cl)CC2)C1. The average Bonchev–Trinajstić information content (AvgIpc) is 2.61. The first-order valence-corrected chi connectivity index (χ1v) is 9.50. The molecule has 3 rings (SSSR count). The zero-order valence-corrected chi connectivity index (χ0v) is 16.8. The summed E-state index contributed by atoms with van der Waals surface area (Å²) >= 11 is 12.3. The van der Waals surface area contributed by atoms with E-state index >= 15 is 0 Å². The van der Waals surface area contributed by atoms with Crippen LogP contribution >= 0.6 is 35.6 Å². The van der Waals surface area contributed by atoms with Crippen molar-refractivity contribution in [2.45, 2.75) is 31.7 Å². The van der Waals surface area contributed by atoms with E-state index in [0.29, 0.717) is 41.8 Å². The second-order valence-electron chi connectivity index (χ2n) is 6.84. The fourth-order valence-electron chi connectivity index (χ4n) is 3.70. The molecule has 2 unspecified atom stereocenters. The summed E-state index contributed by atoms with van der Waals surface area (Å²) in [5.41, 5.74) is 6.34. The third-order valence-corrected chi connectivity index (χ3v) is 5.75. The molecule has 144 valence electrons. The molecule has 26 heavy (non-hydrogen) atoms. The number of hydrogen-bond donors (Lipinski definition) is 1. The van der Waals surface area contributed by atoms with Crippen LogP contribution in [0.25, 0.3) is 0 Å². The van der Waals surface area contributed by atoms with Crippen LogP contribution in [0.5, 0.6) is 0 Å². The zero-order valence-electron chi connectivity index (χ0n) is 14.5. The molecule has 1 saturated heterocycles. The Morgan fingerprint density at radius 3 is 2.15 bits per heavy atom. The molecule has 0 spiro atoms. The van der Waals surface area contributed by atoms with E-state index in [1.54, 1.807) is 23.1 Å². The maximum absolute atomic E-state index is 12.7. The highest BCUT2D eigenvalue weighted by molar-refractivity contribution is 6.39. The predicted octanol–water partition coefficient (Wildman–Crippen LogP) is 3.22. The second kappa shape index (κ2) is 9.27. The standard InChI is InChI=1S/C18H23Cl2N3O2.ClH/c19-14-5-2-6-15(20)16(14)18(25)23-9-7-22(8-10-23)17(24)12-3-1-4-13(21)11-12;/h2,5-6,12-13H,1,3-4,7-11,21H2;1H. The number of halogens is 3. The summed E-state index contributed by atoms with van der Waals surface area (Å²) in [5.74, 6) is 0.0319. The maximum atomic E-state index is 12.7. The van der Waals surface area contributed by atoms with Crippen LogP contribution in [0.2, 0.25) is 10.0 Å². The first kappa shape index (κ1) is 21.3. The fourth-order valence-corrected chi connectivity index (χ4v) is 4.26. The molecule has 1 aliphatic heterocycles. The Morgan fingerprint density at radius 1 is 1.00 bits per heavy atom. The van der Waals surface area contributed by atoms with Gasteiger partial charge in [0.2, 0.25) is 5.91 Å². The van der Waals surface area contributed by atoms with Crippen molar-refractivity contribution in [1.82, 2.24) is 9.80 Å². The first-order chi connectivity index (χ1) is 12.0. The van der Waals surface area contributed by atoms with Crippen molar-refractivity contribution in [2.75, 3.05) is 26.2 Å². The van der Waals surface area contributed by atoms with Crippen LogP contribution in [0.3, 0.4) is 0 Å². The number of benzene rings is 1. The minimum atomic E-state index is -0.178. The molecule has 1 aromatic carbocycles. The van der Waals surface area contributed by atoms with Crippen molar-refractivity contribution in [3.63, 3.8) is 0 Å². The molecule has 0 aromatic heterocycles. The number of nitrogens with zero attached hydrogens (tertiary/aromatic N) is 2. The van der Waals surface area contributed by atoms with Crippen LogP contribution in [-0.2, 0) is 4.79 Å². The summed E-state index contributed by atoms with van der Waals surface area (Å²) in [6.45, 7) is 2.06. The zero-order chi connectivity index (χ0) is 18.0. The lowest BCUT2D eigenvalue weighted by Crippen LogP contribution is -2.52. The van der Waals surface area contributed by atoms with Crippen molar-refractivity contribution in [1.29, 1.82) is 0 Å². The molecule has 1 aromatic rings. The van der Waals surface area contributed by atoms with Crippen LogP contribution in [-0.4, -0.2) is 53.8 Å². The molecule has 0 bridgehead atoms. The van der Waals surface area contributed by atoms with Crippen LogP contribution in [0, 0.1) is 5.92 Å². The number of nitrogens with two attached hydrogens (primary N) is 1. The number of piperazine rings is 1. The van der Waals surface area contributed by atoms with E-state index in [-0.39, 0.29) is 36.2 Å². The Balaban J connectivity index is 0.00000243. The summed E-state index contributed by atoms with van der Waals surface area (Å²) in [4.78, 5) is 29.0. The van der Waals surface area contributed by atoms with Gasteiger partial charge in [0.05, 0.1) is 15.6 Å². The molecule has 1 heterocycles. The molecular formula is C18H24Cl3N3O2. The molecule has 8 heteroatoms. The van der Waals surface area contributed by atoms with E-state index in [2.05, 4.69) is 0 Å². The van der Waals surface area contributed by atoms with Crippen LogP contribution in [0.1, 0.15) is 36.0 Å². The van der Waals surface area contributed by atoms with Gasteiger partial charge < -0.3 is 15.5 Å². The molecule has 5 nitrogen and oxygen atoms in total. The highest BCUT2D eigenvalue weighted by atomic mass is 35.5. The van der Waals surface area contributed by atoms with Gasteiger partial charge in [0.15, 0.2) is 0 Å². The number of hydrogen-bond acceptors (Lipinski definition) is 3. The van der Waals surface area contributed by atoms with Gasteiger partial charge in [-0.15, -0.1) is 12.4 Å². The van der Waals surface area contributed by atoms with Crippen LogP contribution < -0.4 is 5.73 Å². The van der Waals surface area contributed by atoms with Gasteiger partial charge >= 0.3 is 0 Å². The summed E-state index contributed by atoms with van der Waals surface area (Å²) in [5, 5.41) is 0.708. The summed E-state index contributed by atoms with van der Waals surface area (Å²) in [7, 11) is 0. The molecule has 1 saturated carbocycles. The largest absolute Gasteiger partial charge is 0.339 e. The molecule has 2 atom stereocenters. The van der Waals surface area contributed by atoms with E-state index in [0.717, 1.165) is 25.7 Å². The Bertz CT molecular complexity index is 643. The Hall–Kier alpha value is -1.01. The van der Waals surface area contributed by atoms with E-state index in [9.17, 15) is 9.59 Å². The monoisotopic (exact) mass is 419 g/mol. The molecule has 1 aliphatic carbocycles. The minimum Gasteiger partial charge on any atom is -0.339 e. The van der Waals surface area contributed by atoms with E-state index < -0.39 is 0 Å². The summed E-state index contributed by atoms with van der Waals surface area (Å²) in [6.07, 6.45) is 3.71. The third kappa shape index (κ3) is 4.63. The Morgan fingerprint density at radius 2 is 1.58 bits per heavy atom. The van der Waals surface area contributed by atoms with Gasteiger partial charge in [0, 0.05) is 38.1 Å². The maximum Gasteiger partial charge on any atom is 0.257 e. The van der Waals surface area contributed by atoms with E-state index in [1.165, 1.54) is 0 Å². The van der Waals surface area contributed by atoms with Crippen molar-refractivity contribution < 1.29 is 9.59 Å². The highest BCUT2D eigenvalue weighted by Crippen LogP contribution is 2.27. The quantitative estimate of drug-likeness (QED) is 0.799. The topological polar surface area (TPSA) is 66.6 Å². The molecule has 2 fully saturated rings. The smallest absolute Gasteiger partial charge is 0.257 e. The average molecular weight is 421 g/mol. The van der Waals surface area contributed by atoms with Gasteiger partial charge in [0.25, 0.3) is 5.91 Å². The van der Waals surface area contributed by atoms with Gasteiger partial charge in [-0.05, 0) is 31.4 Å². The van der Waals surface area contributed by atoms with E-state index in [4.69, 9.17) is 28.9 Å². The van der Waals surface area contributed by atoms with Crippen molar-refractivity contribution in [2.24, 2.45) is 11.7 Å². The van der Waals surface area contributed by atoms with Gasteiger partial charge in [-0.1, -0.05) is 35.7 Å². The molecule has 2 amide bonds. The second-order valence-corrected chi connectivity index (χ2v) is 7.65. The van der Waals surface area contributed by atoms with Crippen molar-refractivity contribution in [3.05, 3.63) is 33.8 Å². The molecular weight excluding hydrogens is 397 g/mol. The van der Waals surface area contributed by atoms with Gasteiger partial charge in [0.1, 0.15) is 0 Å². The first-order valence-electron chi connectivity index (χ1n) is 8.75. The lowest BCUT2D eigenvalue weighted by atomic mass is 9.85. The van der Waals surface area contributed by atoms with Gasteiger partial charge in [-0.2, -0.15) is 0 Å².